The van der Waals surface area contributed by atoms with Crippen molar-refractivity contribution >= 4 is 27.4 Å². The zero-order valence-electron chi connectivity index (χ0n) is 18.3. The Bertz CT molecular complexity index is 951. The van der Waals surface area contributed by atoms with Crippen LogP contribution in [0.15, 0.2) is 24.3 Å². The Morgan fingerprint density at radius 2 is 1.72 bits per heavy atom. The van der Waals surface area contributed by atoms with Crippen molar-refractivity contribution in [2.24, 2.45) is 5.41 Å². The number of rotatable bonds is 6. The number of carbonyl (C=O) groups excluding carboxylic acids is 1. The highest BCUT2D eigenvalue weighted by Gasteiger charge is 2.51. The van der Waals surface area contributed by atoms with Crippen LogP contribution in [0.4, 0.5) is 11.4 Å². The van der Waals surface area contributed by atoms with Gasteiger partial charge in [0, 0.05) is 70.1 Å². The van der Waals surface area contributed by atoms with Crippen molar-refractivity contribution in [2.45, 2.75) is 31.8 Å². The third-order valence-electron chi connectivity index (χ3n) is 7.04. The van der Waals surface area contributed by atoms with E-state index in [0.29, 0.717) is 32.4 Å². The highest BCUT2D eigenvalue weighted by atomic mass is 32.2. The molecular formula is C21H30N4O6S. The van der Waals surface area contributed by atoms with Gasteiger partial charge in [0.2, 0.25) is 10.0 Å². The molecule has 0 bridgehead atoms. The van der Waals surface area contributed by atoms with Gasteiger partial charge in [0.25, 0.3) is 5.69 Å². The van der Waals surface area contributed by atoms with Gasteiger partial charge < -0.3 is 9.64 Å². The van der Waals surface area contributed by atoms with E-state index in [2.05, 4.69) is 9.80 Å². The first-order chi connectivity index (χ1) is 15.2. The predicted molar refractivity (Wildman–Crippen MR) is 119 cm³/mol. The van der Waals surface area contributed by atoms with E-state index in [-0.39, 0.29) is 17.8 Å². The summed E-state index contributed by atoms with van der Waals surface area (Å²) in [7, 11) is -3.22. The standard InChI is InChI=1S/C21H30N4O6S/c1-32(29,30)24-10-7-21(8-11-24)16-19(31-20(21)26)6-9-22-12-14-23(15-13-22)17-2-4-18(5-3-17)25(27)28/h2-5,19H,6-16H2,1H3/t19-/m0/s1. The van der Waals surface area contributed by atoms with Crippen LogP contribution in [0.2, 0.25) is 0 Å². The van der Waals surface area contributed by atoms with E-state index in [1.165, 1.54) is 22.7 Å². The smallest absolute Gasteiger partial charge is 0.312 e. The molecule has 10 nitrogen and oxygen atoms in total. The number of esters is 1. The van der Waals surface area contributed by atoms with Gasteiger partial charge in [-0.1, -0.05) is 0 Å². The Kier molecular flexibility index (Phi) is 6.42. The number of non-ortho nitro benzene ring substituents is 1. The van der Waals surface area contributed by atoms with E-state index in [1.54, 1.807) is 12.1 Å². The maximum atomic E-state index is 12.6. The second-order valence-electron chi connectivity index (χ2n) is 9.06. The number of piperidine rings is 1. The maximum absolute atomic E-state index is 12.6. The molecule has 11 heteroatoms. The highest BCUT2D eigenvalue weighted by molar-refractivity contribution is 7.88. The minimum absolute atomic E-state index is 0.0956. The minimum Gasteiger partial charge on any atom is -0.462 e. The summed E-state index contributed by atoms with van der Waals surface area (Å²) in [5.74, 6) is -0.168. The molecule has 3 saturated heterocycles. The lowest BCUT2D eigenvalue weighted by atomic mass is 9.76. The summed E-state index contributed by atoms with van der Waals surface area (Å²) in [5.41, 5.74) is 0.557. The Morgan fingerprint density at radius 3 is 2.28 bits per heavy atom. The van der Waals surface area contributed by atoms with Crippen LogP contribution in [0.25, 0.3) is 0 Å². The van der Waals surface area contributed by atoms with Gasteiger partial charge in [0.05, 0.1) is 16.6 Å². The van der Waals surface area contributed by atoms with Crippen molar-refractivity contribution in [3.05, 3.63) is 34.4 Å². The van der Waals surface area contributed by atoms with E-state index >= 15 is 0 Å². The average molecular weight is 467 g/mol. The van der Waals surface area contributed by atoms with Crippen molar-refractivity contribution in [3.63, 3.8) is 0 Å². The molecule has 3 fully saturated rings. The topological polar surface area (TPSA) is 113 Å². The summed E-state index contributed by atoms with van der Waals surface area (Å²) in [6.07, 6.45) is 3.61. The van der Waals surface area contributed by atoms with Gasteiger partial charge >= 0.3 is 5.97 Å². The second kappa shape index (κ2) is 8.95. The second-order valence-corrected chi connectivity index (χ2v) is 11.0. The molecule has 32 heavy (non-hydrogen) atoms. The number of sulfonamides is 1. The first-order valence-electron chi connectivity index (χ1n) is 11.0. The SMILES string of the molecule is CS(=O)(=O)N1CCC2(CC1)C[C@H](CCN1CCN(c3ccc([N+](=O)[O-])cc3)CC1)OC2=O. The molecule has 0 aliphatic carbocycles. The van der Waals surface area contributed by atoms with Crippen molar-refractivity contribution in [2.75, 3.05) is 57.0 Å². The number of ether oxygens (including phenoxy) is 1. The fraction of sp³-hybridized carbons (Fsp3) is 0.667. The van der Waals surface area contributed by atoms with E-state index < -0.39 is 20.4 Å². The molecule has 4 rings (SSSR count). The maximum Gasteiger partial charge on any atom is 0.312 e. The fourth-order valence-electron chi connectivity index (χ4n) is 4.99. The van der Waals surface area contributed by atoms with Crippen molar-refractivity contribution in [1.29, 1.82) is 0 Å². The van der Waals surface area contributed by atoms with Crippen LogP contribution in [-0.4, -0.2) is 86.7 Å². The van der Waals surface area contributed by atoms with Gasteiger partial charge in [-0.05, 0) is 31.4 Å². The molecule has 0 unspecified atom stereocenters. The lowest BCUT2D eigenvalue weighted by Gasteiger charge is -2.36. The van der Waals surface area contributed by atoms with Crippen molar-refractivity contribution < 1.29 is 22.9 Å². The molecule has 0 N–H and O–H groups in total. The van der Waals surface area contributed by atoms with Crippen LogP contribution >= 0.6 is 0 Å². The summed E-state index contributed by atoms with van der Waals surface area (Å²) in [6, 6.07) is 6.65. The molecule has 176 valence electrons. The van der Waals surface area contributed by atoms with Crippen molar-refractivity contribution in [1.82, 2.24) is 9.21 Å². The summed E-state index contributed by atoms with van der Waals surface area (Å²) < 4.78 is 30.6. The normalized spacial score (nSPS) is 24.6. The first kappa shape index (κ1) is 22.9. The molecule has 1 aromatic carbocycles. The third-order valence-corrected chi connectivity index (χ3v) is 8.34. The number of hydrogen-bond acceptors (Lipinski definition) is 8. The van der Waals surface area contributed by atoms with E-state index in [0.717, 1.165) is 44.8 Å². The molecule has 3 aliphatic heterocycles. The van der Waals surface area contributed by atoms with Crippen LogP contribution in [0.1, 0.15) is 25.7 Å². The average Bonchev–Trinajstić information content (AvgIpc) is 3.07. The third kappa shape index (κ3) is 4.89. The number of hydrogen-bond donors (Lipinski definition) is 0. The minimum atomic E-state index is -3.22. The summed E-state index contributed by atoms with van der Waals surface area (Å²) >= 11 is 0. The van der Waals surface area contributed by atoms with Gasteiger partial charge in [0.15, 0.2) is 0 Å². The number of nitro benzene ring substituents is 1. The van der Waals surface area contributed by atoms with Gasteiger partial charge in [-0.2, -0.15) is 0 Å². The largest absolute Gasteiger partial charge is 0.462 e. The predicted octanol–water partition coefficient (Wildman–Crippen LogP) is 1.46. The van der Waals surface area contributed by atoms with Gasteiger partial charge in [-0.15, -0.1) is 0 Å². The zero-order chi connectivity index (χ0) is 22.9. The van der Waals surface area contributed by atoms with Crippen LogP contribution in [0.3, 0.4) is 0 Å². The van der Waals surface area contributed by atoms with Crippen LogP contribution < -0.4 is 4.90 Å². The molecule has 3 aliphatic rings. The zero-order valence-corrected chi connectivity index (χ0v) is 19.1. The quantitative estimate of drug-likeness (QED) is 0.352. The van der Waals surface area contributed by atoms with E-state index in [9.17, 15) is 23.3 Å². The highest BCUT2D eigenvalue weighted by Crippen LogP contribution is 2.44. The summed E-state index contributed by atoms with van der Waals surface area (Å²) in [5, 5.41) is 10.8. The van der Waals surface area contributed by atoms with Gasteiger partial charge in [-0.25, -0.2) is 12.7 Å². The molecule has 1 atom stereocenters. The Morgan fingerprint density at radius 1 is 1.09 bits per heavy atom. The number of cyclic esters (lactones) is 1. The van der Waals surface area contributed by atoms with Crippen LogP contribution in [0.5, 0.6) is 0 Å². The number of benzene rings is 1. The molecule has 0 amide bonds. The summed E-state index contributed by atoms with van der Waals surface area (Å²) in [6.45, 7) is 5.05. The number of carbonyl (C=O) groups is 1. The molecule has 3 heterocycles. The number of anilines is 1. The molecule has 1 aromatic rings. The lowest BCUT2D eigenvalue weighted by Crippen LogP contribution is -2.47. The van der Waals surface area contributed by atoms with Gasteiger partial charge in [0.1, 0.15) is 6.10 Å². The lowest BCUT2D eigenvalue weighted by molar-refractivity contribution is -0.384. The van der Waals surface area contributed by atoms with E-state index in [4.69, 9.17) is 4.74 Å². The van der Waals surface area contributed by atoms with Crippen LogP contribution in [0, 0.1) is 15.5 Å². The van der Waals surface area contributed by atoms with Crippen molar-refractivity contribution in [3.8, 4) is 0 Å². The Labute approximate surface area is 188 Å². The molecule has 1 spiro atoms. The van der Waals surface area contributed by atoms with E-state index in [1.807, 2.05) is 0 Å². The molecule has 0 aromatic heterocycles. The van der Waals surface area contributed by atoms with Crippen LogP contribution in [-0.2, 0) is 19.6 Å². The molecule has 0 saturated carbocycles. The number of nitrogens with zero attached hydrogens (tertiary/aromatic N) is 4. The monoisotopic (exact) mass is 466 g/mol. The molecule has 0 radical (unpaired) electrons. The Hall–Kier alpha value is -2.24. The Balaban J connectivity index is 1.22. The summed E-state index contributed by atoms with van der Waals surface area (Å²) in [4.78, 5) is 27.6. The number of nitro groups is 1. The van der Waals surface area contributed by atoms with Gasteiger partial charge in [-0.3, -0.25) is 19.8 Å². The fourth-order valence-corrected chi connectivity index (χ4v) is 5.84. The number of piperazine rings is 1. The molecular weight excluding hydrogens is 436 g/mol. The first-order valence-corrected chi connectivity index (χ1v) is 12.9.